The van der Waals surface area contributed by atoms with Gasteiger partial charge in [-0.15, -0.1) is 0 Å². The highest BCUT2D eigenvalue weighted by Gasteiger charge is 2.39. The highest BCUT2D eigenvalue weighted by Crippen LogP contribution is 2.26. The predicted octanol–water partition coefficient (Wildman–Crippen LogP) is 2.24. The molecule has 0 aromatic heterocycles. The second-order valence-corrected chi connectivity index (χ2v) is 7.29. The molecule has 114 valence electrons. The van der Waals surface area contributed by atoms with E-state index in [1.165, 1.54) is 0 Å². The lowest BCUT2D eigenvalue weighted by atomic mass is 10.1. The minimum absolute atomic E-state index is 0.152. The largest absolute Gasteiger partial charge is 0.444 e. The van der Waals surface area contributed by atoms with Crippen LogP contribution in [-0.4, -0.2) is 58.4 Å². The van der Waals surface area contributed by atoms with Crippen LogP contribution in [0, 0.1) is 5.92 Å². The molecule has 6 heteroatoms. The summed E-state index contributed by atoms with van der Waals surface area (Å²) in [5, 5.41) is 0.859. The van der Waals surface area contributed by atoms with Crippen molar-refractivity contribution in [3.8, 4) is 0 Å². The quantitative estimate of drug-likeness (QED) is 0.720. The summed E-state index contributed by atoms with van der Waals surface area (Å²) in [6.45, 7) is 7.66. The van der Waals surface area contributed by atoms with Crippen LogP contribution in [0.5, 0.6) is 0 Å². The molecule has 2 heterocycles. The van der Waals surface area contributed by atoms with Crippen molar-refractivity contribution in [2.75, 3.05) is 25.0 Å². The number of carbonyl (C=O) groups is 2. The summed E-state index contributed by atoms with van der Waals surface area (Å²) in [4.78, 5) is 27.7. The van der Waals surface area contributed by atoms with Crippen LogP contribution < -0.4 is 0 Å². The zero-order valence-electron chi connectivity index (χ0n) is 12.4. The first-order valence-corrected chi connectivity index (χ1v) is 8.25. The third kappa shape index (κ3) is 3.65. The number of likely N-dealkylation sites (tertiary alicyclic amines) is 2. The van der Waals surface area contributed by atoms with Gasteiger partial charge < -0.3 is 14.5 Å². The molecule has 2 saturated heterocycles. The van der Waals surface area contributed by atoms with E-state index in [1.807, 2.05) is 25.7 Å². The number of ether oxygens (including phenoxy) is 1. The molecule has 2 aliphatic rings. The van der Waals surface area contributed by atoms with Crippen LogP contribution in [0.15, 0.2) is 0 Å². The zero-order valence-corrected chi connectivity index (χ0v) is 14.0. The van der Waals surface area contributed by atoms with Crippen LogP contribution >= 0.6 is 15.9 Å². The van der Waals surface area contributed by atoms with Crippen molar-refractivity contribution in [3.05, 3.63) is 0 Å². The summed E-state index contributed by atoms with van der Waals surface area (Å²) in [6, 6.07) is 0.152. The standard InChI is InChI=1S/C14H23BrN2O3/c1-14(2,3)20-13(19)16-5-4-11(9-16)17-8-10(7-15)6-12(17)18/h10-11H,4-9H2,1-3H3. The van der Waals surface area contributed by atoms with E-state index in [2.05, 4.69) is 15.9 Å². The Morgan fingerprint density at radius 2 is 2.10 bits per heavy atom. The van der Waals surface area contributed by atoms with Gasteiger partial charge in [-0.2, -0.15) is 0 Å². The van der Waals surface area contributed by atoms with Gasteiger partial charge in [0, 0.05) is 31.4 Å². The van der Waals surface area contributed by atoms with E-state index in [0.29, 0.717) is 25.4 Å². The van der Waals surface area contributed by atoms with E-state index in [9.17, 15) is 9.59 Å². The Morgan fingerprint density at radius 1 is 1.40 bits per heavy atom. The minimum atomic E-state index is -0.473. The fraction of sp³-hybridized carbons (Fsp3) is 0.857. The average Bonchev–Trinajstić information content (AvgIpc) is 2.92. The molecule has 0 aliphatic carbocycles. The molecular formula is C14H23BrN2O3. The second-order valence-electron chi connectivity index (χ2n) is 6.64. The van der Waals surface area contributed by atoms with Gasteiger partial charge in [-0.25, -0.2) is 4.79 Å². The fourth-order valence-corrected chi connectivity index (χ4v) is 3.19. The number of nitrogens with zero attached hydrogens (tertiary/aromatic N) is 2. The SMILES string of the molecule is CC(C)(C)OC(=O)N1CCC(N2CC(CBr)CC2=O)C1. The first-order chi connectivity index (χ1) is 9.30. The molecule has 0 radical (unpaired) electrons. The molecular weight excluding hydrogens is 324 g/mol. The molecule has 2 aliphatic heterocycles. The lowest BCUT2D eigenvalue weighted by Crippen LogP contribution is -2.41. The summed E-state index contributed by atoms with van der Waals surface area (Å²) in [7, 11) is 0. The first kappa shape index (κ1) is 15.6. The lowest BCUT2D eigenvalue weighted by molar-refractivity contribution is -0.129. The van der Waals surface area contributed by atoms with E-state index in [4.69, 9.17) is 4.74 Å². The van der Waals surface area contributed by atoms with Crippen LogP contribution in [0.2, 0.25) is 0 Å². The van der Waals surface area contributed by atoms with Crippen LogP contribution in [0.4, 0.5) is 4.79 Å². The molecule has 0 aromatic rings. The molecule has 0 aromatic carbocycles. The van der Waals surface area contributed by atoms with E-state index in [1.54, 1.807) is 4.90 Å². The molecule has 2 atom stereocenters. The van der Waals surface area contributed by atoms with Crippen LogP contribution in [0.1, 0.15) is 33.6 Å². The smallest absolute Gasteiger partial charge is 0.410 e. The molecule has 0 bridgehead atoms. The molecule has 2 fully saturated rings. The highest BCUT2D eigenvalue weighted by atomic mass is 79.9. The number of carbonyl (C=O) groups excluding carboxylic acids is 2. The van der Waals surface area contributed by atoms with Gasteiger partial charge >= 0.3 is 6.09 Å². The maximum atomic E-state index is 12.0. The van der Waals surface area contributed by atoms with E-state index in [0.717, 1.165) is 18.3 Å². The minimum Gasteiger partial charge on any atom is -0.444 e. The van der Waals surface area contributed by atoms with Crippen molar-refractivity contribution in [1.82, 2.24) is 9.80 Å². The molecule has 2 rings (SSSR count). The van der Waals surface area contributed by atoms with E-state index >= 15 is 0 Å². The van der Waals surface area contributed by atoms with Crippen LogP contribution in [0.25, 0.3) is 0 Å². The molecule has 2 unspecified atom stereocenters. The van der Waals surface area contributed by atoms with Crippen molar-refractivity contribution in [1.29, 1.82) is 0 Å². The highest BCUT2D eigenvalue weighted by molar-refractivity contribution is 9.09. The van der Waals surface area contributed by atoms with Gasteiger partial charge in [0.05, 0.1) is 6.04 Å². The van der Waals surface area contributed by atoms with Crippen molar-refractivity contribution in [3.63, 3.8) is 0 Å². The monoisotopic (exact) mass is 346 g/mol. The number of hydrogen-bond donors (Lipinski definition) is 0. The van der Waals surface area contributed by atoms with Crippen molar-refractivity contribution in [2.24, 2.45) is 5.92 Å². The van der Waals surface area contributed by atoms with E-state index in [-0.39, 0.29) is 18.0 Å². The van der Waals surface area contributed by atoms with E-state index < -0.39 is 5.60 Å². The van der Waals surface area contributed by atoms with Gasteiger partial charge in [-0.1, -0.05) is 15.9 Å². The van der Waals surface area contributed by atoms with Crippen LogP contribution in [-0.2, 0) is 9.53 Å². The van der Waals surface area contributed by atoms with Crippen molar-refractivity contribution in [2.45, 2.75) is 45.3 Å². The lowest BCUT2D eigenvalue weighted by Gasteiger charge is -2.26. The third-order valence-corrected chi connectivity index (χ3v) is 4.63. The molecule has 0 N–H and O–H groups in total. The average molecular weight is 347 g/mol. The second kappa shape index (κ2) is 5.92. The number of alkyl halides is 1. The Kier molecular flexibility index (Phi) is 4.62. The summed E-state index contributed by atoms with van der Waals surface area (Å²) in [6.07, 6.45) is 1.19. The number of halogens is 1. The number of amides is 2. The van der Waals surface area contributed by atoms with Gasteiger partial charge in [0.15, 0.2) is 0 Å². The van der Waals surface area contributed by atoms with Gasteiger partial charge in [0.2, 0.25) is 5.91 Å². The maximum absolute atomic E-state index is 12.0. The normalized spacial score (nSPS) is 27.3. The summed E-state index contributed by atoms with van der Waals surface area (Å²) in [5.74, 6) is 0.614. The molecule has 0 spiro atoms. The Balaban J connectivity index is 1.89. The fourth-order valence-electron chi connectivity index (χ4n) is 2.75. The number of rotatable bonds is 2. The Morgan fingerprint density at radius 3 is 2.65 bits per heavy atom. The van der Waals surface area contributed by atoms with Gasteiger partial charge in [0.25, 0.3) is 0 Å². The number of hydrogen-bond acceptors (Lipinski definition) is 3. The molecule has 2 amide bonds. The topological polar surface area (TPSA) is 49.9 Å². The summed E-state index contributed by atoms with van der Waals surface area (Å²) in [5.41, 5.74) is -0.473. The Labute approximate surface area is 128 Å². The molecule has 5 nitrogen and oxygen atoms in total. The predicted molar refractivity (Wildman–Crippen MR) is 79.8 cm³/mol. The zero-order chi connectivity index (χ0) is 14.9. The first-order valence-electron chi connectivity index (χ1n) is 7.13. The molecule has 0 saturated carbocycles. The van der Waals surface area contributed by atoms with Gasteiger partial charge in [-0.05, 0) is 33.1 Å². The maximum Gasteiger partial charge on any atom is 0.410 e. The summed E-state index contributed by atoms with van der Waals surface area (Å²) >= 11 is 3.44. The van der Waals surface area contributed by atoms with Crippen LogP contribution in [0.3, 0.4) is 0 Å². The molecule has 20 heavy (non-hydrogen) atoms. The van der Waals surface area contributed by atoms with Crippen molar-refractivity contribution < 1.29 is 14.3 Å². The Hall–Kier alpha value is -0.780. The Bertz CT molecular complexity index is 394. The van der Waals surface area contributed by atoms with Gasteiger partial charge in [0.1, 0.15) is 5.60 Å². The van der Waals surface area contributed by atoms with Crippen molar-refractivity contribution >= 4 is 27.9 Å². The third-order valence-electron chi connectivity index (χ3n) is 3.71. The summed E-state index contributed by atoms with van der Waals surface area (Å²) < 4.78 is 5.38. The van der Waals surface area contributed by atoms with Gasteiger partial charge in [-0.3, -0.25) is 4.79 Å².